The molecule has 32 heavy (non-hydrogen) atoms. The highest BCUT2D eigenvalue weighted by Gasteiger charge is 2.30. The van der Waals surface area contributed by atoms with Gasteiger partial charge < -0.3 is 20.3 Å². The average molecular weight is 440 g/mol. The Kier molecular flexibility index (Phi) is 6.75. The topological polar surface area (TPSA) is 124 Å². The minimum atomic E-state index is -0.751. The van der Waals surface area contributed by atoms with E-state index in [1.54, 1.807) is 27.0 Å². The molecule has 1 aliphatic carbocycles. The second kappa shape index (κ2) is 9.32. The number of nitrogens with one attached hydrogen (secondary N) is 2. The van der Waals surface area contributed by atoms with Crippen LogP contribution in [0, 0.1) is 31.0 Å². The molecule has 2 amide bonds. The van der Waals surface area contributed by atoms with Gasteiger partial charge in [0.2, 0.25) is 0 Å². The van der Waals surface area contributed by atoms with E-state index in [1.165, 1.54) is 16.7 Å². The fourth-order valence-corrected chi connectivity index (χ4v) is 4.09. The summed E-state index contributed by atoms with van der Waals surface area (Å²) in [6, 6.07) is 5.19. The van der Waals surface area contributed by atoms with Gasteiger partial charge in [0, 0.05) is 24.5 Å². The summed E-state index contributed by atoms with van der Waals surface area (Å²) < 4.78 is 15.0. The number of ketones is 1. The highest BCUT2D eigenvalue weighted by molar-refractivity contribution is 6.43. The molecule has 1 aromatic carbocycles. The number of carbonyl (C=O) groups is 3. The number of anilines is 1. The molecule has 1 heterocycles. The fourth-order valence-electron chi connectivity index (χ4n) is 4.09. The van der Waals surface area contributed by atoms with Gasteiger partial charge in [-0.2, -0.15) is 5.26 Å². The van der Waals surface area contributed by atoms with E-state index < -0.39 is 23.4 Å². The number of hydrogen-bond acceptors (Lipinski definition) is 5. The van der Waals surface area contributed by atoms with Gasteiger partial charge in [-0.1, -0.05) is 0 Å². The van der Waals surface area contributed by atoms with Gasteiger partial charge in [-0.3, -0.25) is 14.4 Å². The molecule has 1 fully saturated rings. The number of aliphatic hydroxyl groups excluding tert-OH is 1. The monoisotopic (exact) mass is 440 g/mol. The minimum Gasteiger partial charge on any atom is -0.393 e. The quantitative estimate of drug-likeness (QED) is 0.487. The number of carbonyl (C=O) groups excluding carboxylic acids is 3. The summed E-state index contributed by atoms with van der Waals surface area (Å²) in [4.78, 5) is 38.4. The number of amides is 2. The van der Waals surface area contributed by atoms with Crippen LogP contribution in [0.2, 0.25) is 0 Å². The van der Waals surface area contributed by atoms with Crippen LogP contribution >= 0.6 is 0 Å². The Labute approximate surface area is 185 Å². The molecule has 1 saturated carbocycles. The third-order valence-corrected chi connectivity index (χ3v) is 5.96. The summed E-state index contributed by atoms with van der Waals surface area (Å²) in [5.74, 6) is -2.72. The first-order valence-electron chi connectivity index (χ1n) is 10.3. The second-order valence-corrected chi connectivity index (χ2v) is 8.06. The van der Waals surface area contributed by atoms with E-state index in [-0.39, 0.29) is 34.7 Å². The van der Waals surface area contributed by atoms with Gasteiger partial charge in [-0.25, -0.2) is 4.39 Å². The standard InChI is InChI=1S/C23H25FN4O4/c1-12-19(22(31)27-16-6-9-18(24)14(10-16)11-25)13(2)28(3)20(12)21(30)23(32)26-15-4-7-17(29)8-5-15/h6,9-10,15,17,29H,4-5,7-8H2,1-3H3,(H,26,32)(H,27,31). The van der Waals surface area contributed by atoms with Gasteiger partial charge in [-0.05, 0) is 63.3 Å². The summed E-state index contributed by atoms with van der Waals surface area (Å²) in [7, 11) is 1.60. The Balaban J connectivity index is 1.81. The Morgan fingerprint density at radius 1 is 1.19 bits per heavy atom. The molecule has 0 unspecified atom stereocenters. The van der Waals surface area contributed by atoms with Crippen LogP contribution in [-0.4, -0.2) is 39.4 Å². The molecule has 8 nitrogen and oxygen atoms in total. The highest BCUT2D eigenvalue weighted by Crippen LogP contribution is 2.24. The highest BCUT2D eigenvalue weighted by atomic mass is 19.1. The van der Waals surface area contributed by atoms with Crippen molar-refractivity contribution in [2.45, 2.75) is 51.7 Å². The molecule has 1 aromatic heterocycles. The van der Waals surface area contributed by atoms with E-state index in [0.29, 0.717) is 36.9 Å². The van der Waals surface area contributed by atoms with E-state index in [0.717, 1.165) is 6.07 Å². The number of Topliss-reactive ketones (excluding diaryl/α,β-unsaturated/α-hetero) is 1. The molecule has 0 atom stereocenters. The van der Waals surface area contributed by atoms with E-state index in [1.807, 2.05) is 0 Å². The Hall–Kier alpha value is -3.51. The normalized spacial score (nSPS) is 18.0. The molecule has 3 rings (SSSR count). The number of nitrogens with zero attached hydrogens (tertiary/aromatic N) is 2. The van der Waals surface area contributed by atoms with E-state index in [9.17, 15) is 23.9 Å². The largest absolute Gasteiger partial charge is 0.393 e. The number of halogens is 1. The molecule has 2 aromatic rings. The first-order valence-corrected chi connectivity index (χ1v) is 10.3. The van der Waals surface area contributed by atoms with Crippen molar-refractivity contribution in [3.8, 4) is 6.07 Å². The molecule has 0 radical (unpaired) electrons. The van der Waals surface area contributed by atoms with Crippen molar-refractivity contribution in [1.82, 2.24) is 9.88 Å². The fraction of sp³-hybridized carbons (Fsp3) is 0.391. The lowest BCUT2D eigenvalue weighted by molar-refractivity contribution is -0.118. The van der Waals surface area contributed by atoms with Crippen LogP contribution in [0.5, 0.6) is 0 Å². The van der Waals surface area contributed by atoms with Gasteiger partial charge >= 0.3 is 0 Å². The van der Waals surface area contributed by atoms with Crippen LogP contribution in [0.1, 0.15) is 63.4 Å². The zero-order chi connectivity index (χ0) is 23.6. The number of hydrogen-bond donors (Lipinski definition) is 3. The molecular formula is C23H25FN4O4. The van der Waals surface area contributed by atoms with Crippen molar-refractivity contribution in [2.24, 2.45) is 7.05 Å². The molecule has 0 bridgehead atoms. The molecule has 168 valence electrons. The molecule has 0 spiro atoms. The summed E-state index contributed by atoms with van der Waals surface area (Å²) in [5, 5.41) is 23.9. The van der Waals surface area contributed by atoms with Crippen LogP contribution in [0.15, 0.2) is 18.2 Å². The van der Waals surface area contributed by atoms with Crippen LogP contribution in [-0.2, 0) is 11.8 Å². The lowest BCUT2D eigenvalue weighted by Gasteiger charge is -2.25. The number of benzene rings is 1. The lowest BCUT2D eigenvalue weighted by atomic mass is 9.93. The number of rotatable bonds is 5. The molecule has 3 N–H and O–H groups in total. The Morgan fingerprint density at radius 3 is 2.47 bits per heavy atom. The SMILES string of the molecule is Cc1c(C(=O)Nc2ccc(F)c(C#N)c2)c(C)n(C)c1C(=O)C(=O)NC1CCC(O)CC1. The zero-order valence-corrected chi connectivity index (χ0v) is 18.2. The minimum absolute atomic E-state index is 0.109. The van der Waals surface area contributed by atoms with Crippen molar-refractivity contribution < 1.29 is 23.9 Å². The van der Waals surface area contributed by atoms with Crippen LogP contribution in [0.4, 0.5) is 10.1 Å². The maximum Gasteiger partial charge on any atom is 0.294 e. The zero-order valence-electron chi connectivity index (χ0n) is 18.2. The molecule has 1 aliphatic rings. The van der Waals surface area contributed by atoms with Gasteiger partial charge in [0.25, 0.3) is 17.6 Å². The van der Waals surface area contributed by atoms with Crippen molar-refractivity contribution >= 4 is 23.3 Å². The van der Waals surface area contributed by atoms with Gasteiger partial charge in [-0.15, -0.1) is 0 Å². The maximum atomic E-state index is 13.5. The molecule has 0 aliphatic heterocycles. The van der Waals surface area contributed by atoms with Crippen molar-refractivity contribution in [3.63, 3.8) is 0 Å². The van der Waals surface area contributed by atoms with E-state index in [2.05, 4.69) is 10.6 Å². The third kappa shape index (κ3) is 4.55. The van der Waals surface area contributed by atoms with Gasteiger partial charge in [0.1, 0.15) is 11.9 Å². The smallest absolute Gasteiger partial charge is 0.294 e. The van der Waals surface area contributed by atoms with Crippen LogP contribution in [0.25, 0.3) is 0 Å². The Morgan fingerprint density at radius 2 is 1.84 bits per heavy atom. The predicted octanol–water partition coefficient (Wildman–Crippen LogP) is 2.51. The average Bonchev–Trinajstić information content (AvgIpc) is 2.98. The molecular weight excluding hydrogens is 415 g/mol. The van der Waals surface area contributed by atoms with Crippen molar-refractivity contribution in [3.05, 3.63) is 52.1 Å². The van der Waals surface area contributed by atoms with Gasteiger partial charge in [0.05, 0.1) is 22.9 Å². The summed E-state index contributed by atoms with van der Waals surface area (Å²) in [6.07, 6.45) is 1.97. The van der Waals surface area contributed by atoms with E-state index >= 15 is 0 Å². The first-order chi connectivity index (χ1) is 15.1. The third-order valence-electron chi connectivity index (χ3n) is 5.96. The van der Waals surface area contributed by atoms with Crippen LogP contribution in [0.3, 0.4) is 0 Å². The second-order valence-electron chi connectivity index (χ2n) is 8.06. The summed E-state index contributed by atoms with van der Waals surface area (Å²) >= 11 is 0. The number of aliphatic hydroxyl groups is 1. The van der Waals surface area contributed by atoms with Crippen molar-refractivity contribution in [1.29, 1.82) is 5.26 Å². The maximum absolute atomic E-state index is 13.5. The molecule has 0 saturated heterocycles. The molecule has 9 heteroatoms. The number of nitriles is 1. The number of aromatic nitrogens is 1. The van der Waals surface area contributed by atoms with Crippen molar-refractivity contribution in [2.75, 3.05) is 5.32 Å². The van der Waals surface area contributed by atoms with E-state index in [4.69, 9.17) is 5.26 Å². The summed E-state index contributed by atoms with van der Waals surface area (Å²) in [5.41, 5.74) is 1.21. The lowest BCUT2D eigenvalue weighted by Crippen LogP contribution is -2.42. The van der Waals surface area contributed by atoms with Gasteiger partial charge in [0.15, 0.2) is 0 Å². The Bertz CT molecular complexity index is 1120. The predicted molar refractivity (Wildman–Crippen MR) is 115 cm³/mol. The first kappa shape index (κ1) is 23.2. The summed E-state index contributed by atoms with van der Waals surface area (Å²) in [6.45, 7) is 3.25. The van der Waals surface area contributed by atoms with Crippen LogP contribution < -0.4 is 10.6 Å².